The van der Waals surface area contributed by atoms with Crippen LogP contribution in [-0.4, -0.2) is 50.5 Å². The van der Waals surface area contributed by atoms with Crippen molar-refractivity contribution in [3.63, 3.8) is 0 Å². The fraction of sp³-hybridized carbons (Fsp3) is 0.167. The monoisotopic (exact) mass is 523 g/mol. The number of tetrazole rings is 1. The number of nitrogens with zero attached hydrogens (tertiary/aromatic N) is 4. The Hall–Kier alpha value is -4.09. The van der Waals surface area contributed by atoms with E-state index in [0.29, 0.717) is 29.3 Å². The Labute approximate surface area is 215 Å². The first-order valence-corrected chi connectivity index (χ1v) is 12.1. The molecule has 12 heteroatoms. The molecule has 0 aliphatic heterocycles. The third-order valence-electron chi connectivity index (χ3n) is 5.31. The number of hydrogen-bond donors (Lipinski definition) is 3. The number of aromatic nitrogens is 4. The van der Waals surface area contributed by atoms with E-state index in [0.717, 1.165) is 28.2 Å². The standard InChI is InChI=1S/C24H22ClN7O3S/c25-17-6-7-19(32-14-28-30-31-32)16(13-17)10-11-27-23(34)18(12-15-4-2-1-3-5-15)29-24(35)21-9-8-20(36-21)22(26)33/h1-9,13-14,18H,10-12H2,(H2,26,33)(H,27,34)(H,29,35)/t18-/m0/s1. The van der Waals surface area contributed by atoms with Crippen LogP contribution in [0.25, 0.3) is 5.69 Å². The Morgan fingerprint density at radius 1 is 1.06 bits per heavy atom. The Bertz CT molecular complexity index is 1360. The number of hydrogen-bond acceptors (Lipinski definition) is 7. The molecule has 36 heavy (non-hydrogen) atoms. The van der Waals surface area contributed by atoms with E-state index < -0.39 is 17.9 Å². The first-order valence-electron chi connectivity index (χ1n) is 10.9. The lowest BCUT2D eigenvalue weighted by atomic mass is 10.0. The van der Waals surface area contributed by atoms with E-state index in [2.05, 4.69) is 26.2 Å². The summed E-state index contributed by atoms with van der Waals surface area (Å²) in [5.74, 6) is -1.41. The molecule has 0 aliphatic rings. The topological polar surface area (TPSA) is 145 Å². The van der Waals surface area contributed by atoms with E-state index in [1.807, 2.05) is 30.3 Å². The summed E-state index contributed by atoms with van der Waals surface area (Å²) in [4.78, 5) is 37.9. The molecule has 2 aromatic heterocycles. The zero-order valence-corrected chi connectivity index (χ0v) is 20.5. The van der Waals surface area contributed by atoms with Gasteiger partial charge >= 0.3 is 0 Å². The summed E-state index contributed by atoms with van der Waals surface area (Å²) < 4.78 is 1.52. The number of halogens is 1. The molecular formula is C24H22ClN7O3S. The summed E-state index contributed by atoms with van der Waals surface area (Å²) in [5.41, 5.74) is 7.76. The summed E-state index contributed by atoms with van der Waals surface area (Å²) in [7, 11) is 0. The van der Waals surface area contributed by atoms with Gasteiger partial charge in [0.2, 0.25) is 5.91 Å². The smallest absolute Gasteiger partial charge is 0.262 e. The molecule has 0 saturated carbocycles. The number of carbonyl (C=O) groups excluding carboxylic acids is 3. The molecule has 0 unspecified atom stereocenters. The summed E-state index contributed by atoms with van der Waals surface area (Å²) in [6, 6.07) is 16.9. The van der Waals surface area contributed by atoms with Gasteiger partial charge in [-0.2, -0.15) is 0 Å². The highest BCUT2D eigenvalue weighted by Gasteiger charge is 2.23. The SMILES string of the molecule is NC(=O)c1ccc(C(=O)N[C@@H](Cc2ccccc2)C(=O)NCCc2cc(Cl)ccc2-n2cnnn2)s1. The molecule has 4 rings (SSSR count). The maximum atomic E-state index is 13.1. The molecular weight excluding hydrogens is 502 g/mol. The van der Waals surface area contributed by atoms with Gasteiger partial charge in [0, 0.05) is 18.0 Å². The minimum Gasteiger partial charge on any atom is -0.365 e. The number of benzene rings is 2. The van der Waals surface area contributed by atoms with Gasteiger partial charge in [0.1, 0.15) is 12.4 Å². The average Bonchev–Trinajstić information content (AvgIpc) is 3.57. The highest BCUT2D eigenvalue weighted by Crippen LogP contribution is 2.19. The van der Waals surface area contributed by atoms with Crippen LogP contribution in [0.5, 0.6) is 0 Å². The summed E-state index contributed by atoms with van der Waals surface area (Å²) in [5, 5.41) is 17.5. The number of primary amides is 1. The van der Waals surface area contributed by atoms with E-state index in [-0.39, 0.29) is 10.8 Å². The van der Waals surface area contributed by atoms with Gasteiger partial charge in [-0.25, -0.2) is 4.68 Å². The van der Waals surface area contributed by atoms with Crippen LogP contribution < -0.4 is 16.4 Å². The third kappa shape index (κ3) is 6.32. The third-order valence-corrected chi connectivity index (χ3v) is 6.64. The first kappa shape index (κ1) is 25.0. The van der Waals surface area contributed by atoms with Crippen LogP contribution >= 0.6 is 22.9 Å². The lowest BCUT2D eigenvalue weighted by Crippen LogP contribution is -2.48. The van der Waals surface area contributed by atoms with Gasteiger partial charge in [-0.1, -0.05) is 41.9 Å². The van der Waals surface area contributed by atoms with Crippen LogP contribution in [0.15, 0.2) is 67.0 Å². The van der Waals surface area contributed by atoms with Crippen LogP contribution in [0.2, 0.25) is 5.02 Å². The van der Waals surface area contributed by atoms with Gasteiger partial charge < -0.3 is 16.4 Å². The van der Waals surface area contributed by atoms with Crippen LogP contribution in [0.4, 0.5) is 0 Å². The molecule has 0 spiro atoms. The zero-order valence-electron chi connectivity index (χ0n) is 18.9. The normalized spacial score (nSPS) is 11.6. The second-order valence-electron chi connectivity index (χ2n) is 7.81. The van der Waals surface area contributed by atoms with Crippen molar-refractivity contribution in [2.45, 2.75) is 18.9 Å². The Balaban J connectivity index is 1.45. The van der Waals surface area contributed by atoms with Crippen molar-refractivity contribution < 1.29 is 14.4 Å². The molecule has 3 amide bonds. The van der Waals surface area contributed by atoms with Crippen molar-refractivity contribution in [1.29, 1.82) is 0 Å². The minimum atomic E-state index is -0.836. The first-order chi connectivity index (χ1) is 17.4. The van der Waals surface area contributed by atoms with Gasteiger partial charge in [-0.15, -0.1) is 16.4 Å². The molecule has 0 fully saturated rings. The van der Waals surface area contributed by atoms with Crippen molar-refractivity contribution in [1.82, 2.24) is 30.8 Å². The highest BCUT2D eigenvalue weighted by molar-refractivity contribution is 7.15. The van der Waals surface area contributed by atoms with Crippen molar-refractivity contribution >= 4 is 40.7 Å². The molecule has 0 aliphatic carbocycles. The molecule has 4 aromatic rings. The Morgan fingerprint density at radius 3 is 2.53 bits per heavy atom. The molecule has 1 atom stereocenters. The van der Waals surface area contributed by atoms with Gasteiger partial charge in [0.05, 0.1) is 15.4 Å². The number of amides is 3. The number of carbonyl (C=O) groups is 3. The molecule has 2 aromatic carbocycles. The van der Waals surface area contributed by atoms with E-state index in [9.17, 15) is 14.4 Å². The lowest BCUT2D eigenvalue weighted by molar-refractivity contribution is -0.122. The maximum absolute atomic E-state index is 13.1. The predicted molar refractivity (Wildman–Crippen MR) is 135 cm³/mol. The predicted octanol–water partition coefficient (Wildman–Crippen LogP) is 2.18. The molecule has 0 radical (unpaired) electrons. The van der Waals surface area contributed by atoms with Crippen LogP contribution in [0.3, 0.4) is 0 Å². The fourth-order valence-corrected chi connectivity index (χ4v) is 4.53. The van der Waals surface area contributed by atoms with Crippen molar-refractivity contribution in [3.8, 4) is 5.69 Å². The molecule has 0 bridgehead atoms. The molecule has 4 N–H and O–H groups in total. The largest absolute Gasteiger partial charge is 0.365 e. The van der Waals surface area contributed by atoms with Gasteiger partial charge in [-0.05, 0) is 58.3 Å². The summed E-state index contributed by atoms with van der Waals surface area (Å²) >= 11 is 7.15. The number of nitrogens with one attached hydrogen (secondary N) is 2. The van der Waals surface area contributed by atoms with Crippen LogP contribution in [-0.2, 0) is 17.6 Å². The van der Waals surface area contributed by atoms with Crippen LogP contribution in [0.1, 0.15) is 30.5 Å². The fourth-order valence-electron chi connectivity index (χ4n) is 3.57. The quantitative estimate of drug-likeness (QED) is 0.290. The molecule has 10 nitrogen and oxygen atoms in total. The number of nitrogens with two attached hydrogens (primary N) is 1. The second-order valence-corrected chi connectivity index (χ2v) is 9.33. The minimum absolute atomic E-state index is 0.268. The second kappa shape index (κ2) is 11.6. The highest BCUT2D eigenvalue weighted by atomic mass is 35.5. The molecule has 184 valence electrons. The van der Waals surface area contributed by atoms with Crippen molar-refractivity contribution in [2.24, 2.45) is 5.73 Å². The van der Waals surface area contributed by atoms with Gasteiger partial charge in [0.25, 0.3) is 11.8 Å². The van der Waals surface area contributed by atoms with E-state index in [4.69, 9.17) is 17.3 Å². The van der Waals surface area contributed by atoms with E-state index >= 15 is 0 Å². The Kier molecular flexibility index (Phi) is 8.03. The number of rotatable bonds is 10. The van der Waals surface area contributed by atoms with E-state index in [1.54, 1.807) is 18.2 Å². The zero-order chi connectivity index (χ0) is 25.5. The van der Waals surface area contributed by atoms with Crippen molar-refractivity contribution in [3.05, 3.63) is 92.9 Å². The number of thiophene rings is 1. The summed E-state index contributed by atoms with van der Waals surface area (Å²) in [6.45, 7) is 0.292. The van der Waals surface area contributed by atoms with Crippen LogP contribution in [0, 0.1) is 0 Å². The van der Waals surface area contributed by atoms with Gasteiger partial charge in [-0.3, -0.25) is 14.4 Å². The molecule has 0 saturated heterocycles. The van der Waals surface area contributed by atoms with E-state index in [1.165, 1.54) is 23.1 Å². The average molecular weight is 524 g/mol. The van der Waals surface area contributed by atoms with Crippen molar-refractivity contribution in [2.75, 3.05) is 6.54 Å². The maximum Gasteiger partial charge on any atom is 0.262 e. The van der Waals surface area contributed by atoms with Gasteiger partial charge in [0.15, 0.2) is 0 Å². The summed E-state index contributed by atoms with van der Waals surface area (Å²) in [6.07, 6.45) is 2.23. The molecule has 2 heterocycles. The lowest BCUT2D eigenvalue weighted by Gasteiger charge is -2.19. The Morgan fingerprint density at radius 2 is 1.83 bits per heavy atom.